The maximum atomic E-state index is 11.6. The molecule has 0 spiro atoms. The summed E-state index contributed by atoms with van der Waals surface area (Å²) in [4.78, 5) is 11.6. The molecule has 0 amide bonds. The third-order valence-corrected chi connectivity index (χ3v) is 2.21. The molecule has 78 valence electrons. The maximum Gasteiger partial charge on any atom is 0.338 e. The van der Waals surface area contributed by atoms with E-state index in [-0.39, 0.29) is 18.2 Å². The molecule has 0 bridgehead atoms. The summed E-state index contributed by atoms with van der Waals surface area (Å²) in [6, 6.07) is 8.89. The summed E-state index contributed by atoms with van der Waals surface area (Å²) in [7, 11) is 0. The van der Waals surface area contributed by atoms with E-state index in [0.29, 0.717) is 12.2 Å². The van der Waals surface area contributed by atoms with E-state index < -0.39 is 0 Å². The van der Waals surface area contributed by atoms with Crippen LogP contribution in [0.5, 0.6) is 0 Å². The van der Waals surface area contributed by atoms with E-state index in [1.54, 1.807) is 30.3 Å². The van der Waals surface area contributed by atoms with Crippen molar-refractivity contribution in [1.29, 1.82) is 0 Å². The number of hydrogen-bond donors (Lipinski definition) is 0. The van der Waals surface area contributed by atoms with Gasteiger partial charge in [0.15, 0.2) is 0 Å². The van der Waals surface area contributed by atoms with E-state index in [1.165, 1.54) is 0 Å². The molecule has 0 aromatic heterocycles. The second-order valence-electron chi connectivity index (χ2n) is 3.34. The molecule has 0 N–H and O–H groups in total. The highest BCUT2D eigenvalue weighted by Crippen LogP contribution is 2.19. The monoisotopic (exact) mass is 204 g/mol. The molecule has 0 unspecified atom stereocenters. The van der Waals surface area contributed by atoms with Crippen LogP contribution in [0.1, 0.15) is 10.4 Å². The Bertz CT molecular complexity index is 354. The summed E-state index contributed by atoms with van der Waals surface area (Å²) >= 11 is 0. The first-order chi connectivity index (χ1) is 7.31. The first-order valence-electron chi connectivity index (χ1n) is 4.81. The normalized spacial score (nSPS) is 20.4. The van der Waals surface area contributed by atoms with Gasteiger partial charge in [0.25, 0.3) is 0 Å². The molecule has 2 atom stereocenters. The lowest BCUT2D eigenvalue weighted by Crippen LogP contribution is -2.21. The minimum Gasteiger partial charge on any atom is -0.452 e. The summed E-state index contributed by atoms with van der Waals surface area (Å²) < 4.78 is 10.3. The molecule has 1 fully saturated rings. The summed E-state index contributed by atoms with van der Waals surface area (Å²) in [6.07, 6.45) is 1.26. The Balaban J connectivity index is 1.99. The van der Waals surface area contributed by atoms with Crippen LogP contribution < -0.4 is 0 Å². The number of benzene rings is 1. The van der Waals surface area contributed by atoms with Crippen LogP contribution in [-0.4, -0.2) is 24.8 Å². The predicted octanol–water partition coefficient (Wildman–Crippen LogP) is 1.80. The number of rotatable bonds is 4. The second-order valence-corrected chi connectivity index (χ2v) is 3.34. The Labute approximate surface area is 88.3 Å². The maximum absolute atomic E-state index is 11.6. The highest BCUT2D eigenvalue weighted by atomic mass is 16.6. The zero-order valence-electron chi connectivity index (χ0n) is 8.26. The van der Waals surface area contributed by atoms with E-state index in [2.05, 4.69) is 6.58 Å². The lowest BCUT2D eigenvalue weighted by atomic mass is 10.2. The second kappa shape index (κ2) is 4.28. The van der Waals surface area contributed by atoms with Gasteiger partial charge in [-0.1, -0.05) is 24.8 Å². The van der Waals surface area contributed by atoms with Crippen molar-refractivity contribution in [3.05, 3.63) is 48.6 Å². The van der Waals surface area contributed by atoms with Crippen LogP contribution in [0.2, 0.25) is 0 Å². The summed E-state index contributed by atoms with van der Waals surface area (Å²) in [5.41, 5.74) is 0.546. The predicted molar refractivity (Wildman–Crippen MR) is 55.6 cm³/mol. The van der Waals surface area contributed by atoms with Crippen molar-refractivity contribution in [2.75, 3.05) is 6.61 Å². The fourth-order valence-corrected chi connectivity index (χ4v) is 1.29. The molecule has 1 aliphatic heterocycles. The van der Waals surface area contributed by atoms with E-state index in [9.17, 15) is 4.79 Å². The van der Waals surface area contributed by atoms with Crippen molar-refractivity contribution in [2.45, 2.75) is 12.2 Å². The van der Waals surface area contributed by atoms with Gasteiger partial charge in [0.2, 0.25) is 0 Å². The summed E-state index contributed by atoms with van der Waals surface area (Å²) in [5.74, 6) is -0.337. The van der Waals surface area contributed by atoms with E-state index in [0.717, 1.165) is 0 Å². The Morgan fingerprint density at radius 3 is 2.73 bits per heavy atom. The molecule has 0 aliphatic carbocycles. The van der Waals surface area contributed by atoms with E-state index >= 15 is 0 Å². The van der Waals surface area contributed by atoms with Gasteiger partial charge in [-0.2, -0.15) is 0 Å². The highest BCUT2D eigenvalue weighted by Gasteiger charge is 2.33. The lowest BCUT2D eigenvalue weighted by molar-refractivity contribution is 0.0342. The van der Waals surface area contributed by atoms with Crippen molar-refractivity contribution >= 4 is 5.97 Å². The Hall–Kier alpha value is -1.61. The first kappa shape index (κ1) is 9.93. The molecule has 1 heterocycles. The van der Waals surface area contributed by atoms with Gasteiger partial charge >= 0.3 is 5.97 Å². The van der Waals surface area contributed by atoms with Gasteiger partial charge in [0.1, 0.15) is 12.2 Å². The molecule has 0 radical (unpaired) electrons. The average molecular weight is 204 g/mol. The zero-order valence-corrected chi connectivity index (χ0v) is 8.26. The molecule has 1 aliphatic rings. The number of hydrogen-bond acceptors (Lipinski definition) is 3. The summed E-state index contributed by atoms with van der Waals surface area (Å²) in [6.45, 7) is 4.25. The van der Waals surface area contributed by atoms with Crippen molar-refractivity contribution in [2.24, 2.45) is 0 Å². The number of epoxide rings is 1. The van der Waals surface area contributed by atoms with E-state index in [1.807, 2.05) is 6.07 Å². The number of carbonyl (C=O) groups is 1. The molecule has 1 aromatic rings. The number of esters is 1. The lowest BCUT2D eigenvalue weighted by Gasteiger charge is -2.11. The number of ether oxygens (including phenoxy) is 2. The van der Waals surface area contributed by atoms with Gasteiger partial charge in [0.05, 0.1) is 12.2 Å². The van der Waals surface area contributed by atoms with Crippen LogP contribution in [0.15, 0.2) is 43.0 Å². The van der Waals surface area contributed by atoms with Crippen LogP contribution in [0.25, 0.3) is 0 Å². The standard InChI is InChI=1S/C12H12O3/c1-2-10(11-8-14-11)15-12(13)9-6-4-3-5-7-9/h2-7,10-11H,1,8H2/t10-,11-/m0/s1. The van der Waals surface area contributed by atoms with Crippen molar-refractivity contribution in [3.8, 4) is 0 Å². The molecule has 3 heteroatoms. The fourth-order valence-electron chi connectivity index (χ4n) is 1.29. The van der Waals surface area contributed by atoms with Gasteiger partial charge in [-0.25, -0.2) is 4.79 Å². The quantitative estimate of drug-likeness (QED) is 0.426. The number of carbonyl (C=O) groups excluding carboxylic acids is 1. The van der Waals surface area contributed by atoms with Gasteiger partial charge in [-0.3, -0.25) is 0 Å². The zero-order chi connectivity index (χ0) is 10.7. The molecule has 15 heavy (non-hydrogen) atoms. The van der Waals surface area contributed by atoms with Crippen LogP contribution in [0, 0.1) is 0 Å². The fraction of sp³-hybridized carbons (Fsp3) is 0.250. The summed E-state index contributed by atoms with van der Waals surface area (Å²) in [5, 5.41) is 0. The van der Waals surface area contributed by atoms with Gasteiger partial charge in [-0.05, 0) is 18.2 Å². The Morgan fingerprint density at radius 2 is 2.20 bits per heavy atom. The van der Waals surface area contributed by atoms with Crippen molar-refractivity contribution < 1.29 is 14.3 Å². The molecule has 1 saturated heterocycles. The minimum atomic E-state index is -0.337. The molecular formula is C12H12O3. The van der Waals surface area contributed by atoms with Gasteiger partial charge in [-0.15, -0.1) is 0 Å². The van der Waals surface area contributed by atoms with Crippen molar-refractivity contribution in [3.63, 3.8) is 0 Å². The van der Waals surface area contributed by atoms with Crippen LogP contribution in [0.4, 0.5) is 0 Å². The topological polar surface area (TPSA) is 38.8 Å². The molecule has 0 saturated carbocycles. The largest absolute Gasteiger partial charge is 0.452 e. The van der Waals surface area contributed by atoms with Crippen molar-refractivity contribution in [1.82, 2.24) is 0 Å². The van der Waals surface area contributed by atoms with Gasteiger partial charge < -0.3 is 9.47 Å². The Morgan fingerprint density at radius 1 is 1.53 bits per heavy atom. The van der Waals surface area contributed by atoms with Crippen LogP contribution in [-0.2, 0) is 9.47 Å². The average Bonchev–Trinajstić information content (AvgIpc) is 3.10. The van der Waals surface area contributed by atoms with Gasteiger partial charge in [0, 0.05) is 0 Å². The molecular weight excluding hydrogens is 192 g/mol. The smallest absolute Gasteiger partial charge is 0.338 e. The minimum absolute atomic E-state index is 0.00448. The first-order valence-corrected chi connectivity index (χ1v) is 4.81. The van der Waals surface area contributed by atoms with Crippen LogP contribution in [0.3, 0.4) is 0 Å². The van der Waals surface area contributed by atoms with Crippen LogP contribution >= 0.6 is 0 Å². The van der Waals surface area contributed by atoms with E-state index in [4.69, 9.17) is 9.47 Å². The SMILES string of the molecule is C=C[C@H](OC(=O)c1ccccc1)[C@@H]1CO1. The molecule has 2 rings (SSSR count). The Kier molecular flexibility index (Phi) is 2.83. The third kappa shape index (κ3) is 2.44. The molecule has 3 nitrogen and oxygen atoms in total. The highest BCUT2D eigenvalue weighted by molar-refractivity contribution is 5.89. The molecule has 1 aromatic carbocycles. The third-order valence-electron chi connectivity index (χ3n) is 2.21.